The van der Waals surface area contributed by atoms with E-state index in [1.165, 1.54) is 0 Å². The number of hydrogen-bond donors (Lipinski definition) is 0. The molecule has 1 heterocycles. The average Bonchev–Trinajstić information content (AvgIpc) is 1.94. The molecule has 0 bridgehead atoms. The van der Waals surface area contributed by atoms with E-state index in [-0.39, 0.29) is 6.67 Å². The van der Waals surface area contributed by atoms with Crippen LogP contribution in [0.3, 0.4) is 0 Å². The second-order valence-electron chi connectivity index (χ2n) is 2.24. The standard InChI is InChI=1S/C8H11FN/c1-10-7-3-2-4-8(10)5-6-9/h2-4,7H,5-6H2,1H3/q+1. The van der Waals surface area contributed by atoms with Crippen LogP contribution < -0.4 is 4.57 Å². The Morgan fingerprint density at radius 3 is 2.90 bits per heavy atom. The van der Waals surface area contributed by atoms with Crippen molar-refractivity contribution in [2.45, 2.75) is 6.42 Å². The maximum Gasteiger partial charge on any atom is 0.183 e. The fraction of sp³-hybridized carbons (Fsp3) is 0.375. The molecule has 0 aromatic carbocycles. The zero-order chi connectivity index (χ0) is 7.40. The molecule has 0 spiro atoms. The molecule has 0 radical (unpaired) electrons. The number of aromatic nitrogens is 1. The minimum Gasteiger partial charge on any atom is -0.250 e. The summed E-state index contributed by atoms with van der Waals surface area (Å²) >= 11 is 0. The third-order valence-electron chi connectivity index (χ3n) is 1.51. The van der Waals surface area contributed by atoms with Crippen LogP contribution in [0.4, 0.5) is 4.39 Å². The Labute approximate surface area is 60.1 Å². The van der Waals surface area contributed by atoms with E-state index in [9.17, 15) is 4.39 Å². The lowest BCUT2D eigenvalue weighted by Gasteiger charge is -1.93. The quantitative estimate of drug-likeness (QED) is 0.540. The lowest BCUT2D eigenvalue weighted by Crippen LogP contribution is -2.32. The molecule has 0 aliphatic rings. The number of pyridine rings is 1. The van der Waals surface area contributed by atoms with Crippen molar-refractivity contribution in [1.82, 2.24) is 0 Å². The van der Waals surface area contributed by atoms with Crippen molar-refractivity contribution in [3.63, 3.8) is 0 Å². The van der Waals surface area contributed by atoms with Crippen molar-refractivity contribution >= 4 is 0 Å². The molecule has 1 aromatic heterocycles. The number of aryl methyl sites for hydroxylation is 2. The highest BCUT2D eigenvalue weighted by atomic mass is 19.1. The Bertz CT molecular complexity index is 210. The Morgan fingerprint density at radius 1 is 1.50 bits per heavy atom. The van der Waals surface area contributed by atoms with Crippen LogP contribution in [0, 0.1) is 0 Å². The van der Waals surface area contributed by atoms with E-state index in [1.807, 2.05) is 36.0 Å². The molecule has 0 aliphatic heterocycles. The molecular formula is C8H11FN+. The molecule has 0 aliphatic carbocycles. The summed E-state index contributed by atoms with van der Waals surface area (Å²) in [6, 6.07) is 5.78. The summed E-state index contributed by atoms with van der Waals surface area (Å²) in [6.07, 6.45) is 2.43. The second-order valence-corrected chi connectivity index (χ2v) is 2.24. The summed E-state index contributed by atoms with van der Waals surface area (Å²) in [4.78, 5) is 0. The Kier molecular flexibility index (Phi) is 2.37. The molecule has 0 saturated carbocycles. The minimum absolute atomic E-state index is 0.280. The van der Waals surface area contributed by atoms with Crippen LogP contribution in [0.5, 0.6) is 0 Å². The van der Waals surface area contributed by atoms with Gasteiger partial charge >= 0.3 is 0 Å². The average molecular weight is 140 g/mol. The highest BCUT2D eigenvalue weighted by Gasteiger charge is 2.01. The van der Waals surface area contributed by atoms with Crippen molar-refractivity contribution in [3.8, 4) is 0 Å². The van der Waals surface area contributed by atoms with E-state index >= 15 is 0 Å². The van der Waals surface area contributed by atoms with Gasteiger partial charge in [0.2, 0.25) is 0 Å². The van der Waals surface area contributed by atoms with Gasteiger partial charge in [-0.25, -0.2) is 4.57 Å². The summed E-state index contributed by atoms with van der Waals surface area (Å²) in [6.45, 7) is -0.280. The normalized spacial score (nSPS) is 9.80. The monoisotopic (exact) mass is 140 g/mol. The summed E-state index contributed by atoms with van der Waals surface area (Å²) in [5, 5.41) is 0. The van der Waals surface area contributed by atoms with Crippen molar-refractivity contribution in [1.29, 1.82) is 0 Å². The maximum absolute atomic E-state index is 11.8. The van der Waals surface area contributed by atoms with Gasteiger partial charge in [-0.2, -0.15) is 0 Å². The van der Waals surface area contributed by atoms with Gasteiger partial charge in [0, 0.05) is 12.1 Å². The third-order valence-corrected chi connectivity index (χ3v) is 1.51. The molecule has 1 rings (SSSR count). The number of hydrogen-bond acceptors (Lipinski definition) is 0. The first-order chi connectivity index (χ1) is 4.84. The maximum atomic E-state index is 11.8. The van der Waals surface area contributed by atoms with Gasteiger partial charge in [-0.05, 0) is 0 Å². The molecule has 1 nitrogen and oxygen atoms in total. The van der Waals surface area contributed by atoms with Gasteiger partial charge in [-0.15, -0.1) is 0 Å². The van der Waals surface area contributed by atoms with Gasteiger partial charge in [0.05, 0.1) is 13.1 Å². The van der Waals surface area contributed by atoms with E-state index in [2.05, 4.69) is 0 Å². The van der Waals surface area contributed by atoms with Crippen LogP contribution in [0.1, 0.15) is 5.69 Å². The lowest BCUT2D eigenvalue weighted by molar-refractivity contribution is -0.679. The van der Waals surface area contributed by atoms with Crippen LogP contribution in [-0.4, -0.2) is 6.67 Å². The number of halogens is 1. The van der Waals surface area contributed by atoms with Gasteiger partial charge in [0.15, 0.2) is 11.9 Å². The predicted octanol–water partition coefficient (Wildman–Crippen LogP) is 1.02. The fourth-order valence-electron chi connectivity index (χ4n) is 0.915. The Balaban J connectivity index is 2.81. The topological polar surface area (TPSA) is 3.88 Å². The Morgan fingerprint density at radius 2 is 2.30 bits per heavy atom. The van der Waals surface area contributed by atoms with Crippen LogP contribution in [-0.2, 0) is 13.5 Å². The molecular weight excluding hydrogens is 129 g/mol. The van der Waals surface area contributed by atoms with Gasteiger partial charge in [0.25, 0.3) is 0 Å². The number of rotatable bonds is 2. The van der Waals surface area contributed by atoms with Gasteiger partial charge < -0.3 is 0 Å². The molecule has 1 aromatic rings. The van der Waals surface area contributed by atoms with Crippen LogP contribution in [0.15, 0.2) is 24.4 Å². The van der Waals surface area contributed by atoms with Crippen molar-refractivity contribution in [3.05, 3.63) is 30.1 Å². The second kappa shape index (κ2) is 3.30. The molecule has 54 valence electrons. The summed E-state index contributed by atoms with van der Waals surface area (Å²) < 4.78 is 13.8. The molecule has 10 heavy (non-hydrogen) atoms. The van der Waals surface area contributed by atoms with Gasteiger partial charge in [0.1, 0.15) is 7.05 Å². The highest BCUT2D eigenvalue weighted by molar-refractivity contribution is 4.96. The zero-order valence-electron chi connectivity index (χ0n) is 6.05. The fourth-order valence-corrected chi connectivity index (χ4v) is 0.915. The predicted molar refractivity (Wildman–Crippen MR) is 37.3 cm³/mol. The first-order valence-electron chi connectivity index (χ1n) is 3.34. The molecule has 2 heteroatoms. The van der Waals surface area contributed by atoms with Crippen LogP contribution >= 0.6 is 0 Å². The van der Waals surface area contributed by atoms with E-state index in [0.717, 1.165) is 5.69 Å². The van der Waals surface area contributed by atoms with Crippen molar-refractivity contribution < 1.29 is 8.96 Å². The van der Waals surface area contributed by atoms with E-state index < -0.39 is 0 Å². The summed E-state index contributed by atoms with van der Waals surface area (Å²) in [7, 11) is 1.92. The number of alkyl halides is 1. The van der Waals surface area contributed by atoms with Gasteiger partial charge in [-0.3, -0.25) is 4.39 Å². The van der Waals surface area contributed by atoms with E-state index in [0.29, 0.717) is 6.42 Å². The largest absolute Gasteiger partial charge is 0.250 e. The van der Waals surface area contributed by atoms with Crippen molar-refractivity contribution in [2.75, 3.05) is 6.67 Å². The molecule has 0 saturated heterocycles. The molecule has 0 amide bonds. The summed E-state index contributed by atoms with van der Waals surface area (Å²) in [5.41, 5.74) is 1.03. The first-order valence-corrected chi connectivity index (χ1v) is 3.34. The SMILES string of the molecule is C[n+]1ccccc1CCF. The molecule has 0 unspecified atom stereocenters. The molecule has 0 N–H and O–H groups in total. The zero-order valence-corrected chi connectivity index (χ0v) is 6.05. The van der Waals surface area contributed by atoms with Crippen molar-refractivity contribution in [2.24, 2.45) is 7.05 Å². The molecule has 0 fully saturated rings. The molecule has 0 atom stereocenters. The van der Waals surface area contributed by atoms with E-state index in [1.54, 1.807) is 0 Å². The van der Waals surface area contributed by atoms with Gasteiger partial charge in [-0.1, -0.05) is 6.07 Å². The first kappa shape index (κ1) is 7.19. The smallest absolute Gasteiger partial charge is 0.183 e. The number of nitrogens with zero attached hydrogens (tertiary/aromatic N) is 1. The highest BCUT2D eigenvalue weighted by Crippen LogP contribution is 1.91. The minimum atomic E-state index is -0.280. The summed E-state index contributed by atoms with van der Waals surface area (Å²) in [5.74, 6) is 0. The van der Waals surface area contributed by atoms with E-state index in [4.69, 9.17) is 0 Å². The Hall–Kier alpha value is -0.920. The third kappa shape index (κ3) is 1.53. The lowest BCUT2D eigenvalue weighted by atomic mass is 10.3. The van der Waals surface area contributed by atoms with Crippen LogP contribution in [0.25, 0.3) is 0 Å². The van der Waals surface area contributed by atoms with Crippen LogP contribution in [0.2, 0.25) is 0 Å².